The number of hydrogen-bond donors (Lipinski definition) is 0. The summed E-state index contributed by atoms with van der Waals surface area (Å²) >= 11 is 5.54. The van der Waals surface area contributed by atoms with Crippen LogP contribution < -0.4 is 4.74 Å². The lowest BCUT2D eigenvalue weighted by Gasteiger charge is -2.05. The Morgan fingerprint density at radius 1 is 1.25 bits per heavy atom. The molecular weight excluding hydrogens is 296 g/mol. The molecule has 0 unspecified atom stereocenters. The second-order valence-corrected chi connectivity index (χ2v) is 3.87. The molecule has 0 radical (unpaired) electrons. The van der Waals surface area contributed by atoms with Crippen LogP contribution in [0.4, 0.5) is 14.5 Å². The molecule has 0 spiro atoms. The van der Waals surface area contributed by atoms with Crippen molar-refractivity contribution in [2.24, 2.45) is 0 Å². The molecule has 1 aromatic heterocycles. The molecule has 6 nitrogen and oxygen atoms in total. The van der Waals surface area contributed by atoms with Crippen molar-refractivity contribution in [3.05, 3.63) is 51.8 Å². The Hall–Kier alpha value is -2.35. The van der Waals surface area contributed by atoms with Crippen molar-refractivity contribution < 1.29 is 18.4 Å². The first-order valence-electron chi connectivity index (χ1n) is 5.19. The van der Waals surface area contributed by atoms with Gasteiger partial charge >= 0.3 is 11.7 Å². The molecule has 0 saturated heterocycles. The highest BCUT2D eigenvalue weighted by atomic mass is 35.5. The first-order valence-corrected chi connectivity index (χ1v) is 5.73. The second-order valence-electron chi connectivity index (χ2n) is 3.60. The second kappa shape index (κ2) is 5.74. The summed E-state index contributed by atoms with van der Waals surface area (Å²) in [7, 11) is 0. The quantitative estimate of drug-likeness (QED) is 0.492. The van der Waals surface area contributed by atoms with E-state index in [1.807, 2.05) is 0 Å². The molecule has 0 aliphatic heterocycles. The average molecular weight is 302 g/mol. The van der Waals surface area contributed by atoms with Crippen LogP contribution in [0.25, 0.3) is 0 Å². The lowest BCUT2D eigenvalue weighted by Crippen LogP contribution is -1.98. The number of nitro benzene ring substituents is 1. The largest absolute Gasteiger partial charge is 0.421 e. The number of halogens is 3. The molecule has 0 N–H and O–H groups in total. The number of alkyl halides is 1. The average Bonchev–Trinajstić information content (AvgIpc) is 2.43. The fraction of sp³-hybridized carbons (Fsp3) is 0.0909. The first kappa shape index (κ1) is 14.1. The van der Waals surface area contributed by atoms with Crippen molar-refractivity contribution in [3.8, 4) is 11.8 Å². The highest BCUT2D eigenvalue weighted by molar-refractivity contribution is 6.17. The summed E-state index contributed by atoms with van der Waals surface area (Å²) < 4.78 is 31.8. The Bertz CT molecular complexity index is 652. The van der Waals surface area contributed by atoms with Gasteiger partial charge in [0.25, 0.3) is 0 Å². The molecular formula is C11H6ClF2N3O3. The monoisotopic (exact) mass is 301 g/mol. The van der Waals surface area contributed by atoms with Gasteiger partial charge in [-0.2, -0.15) is 4.39 Å². The Morgan fingerprint density at radius 3 is 2.45 bits per heavy atom. The van der Waals surface area contributed by atoms with Crippen LogP contribution in [0.3, 0.4) is 0 Å². The molecule has 2 aromatic rings. The zero-order valence-electron chi connectivity index (χ0n) is 9.72. The molecule has 9 heteroatoms. The van der Waals surface area contributed by atoms with Crippen LogP contribution in [-0.4, -0.2) is 14.9 Å². The molecule has 0 aliphatic carbocycles. The highest BCUT2D eigenvalue weighted by Crippen LogP contribution is 2.28. The van der Waals surface area contributed by atoms with E-state index in [2.05, 4.69) is 9.97 Å². The molecule has 0 bridgehead atoms. The predicted molar refractivity (Wildman–Crippen MR) is 64.7 cm³/mol. The van der Waals surface area contributed by atoms with Crippen molar-refractivity contribution in [1.29, 1.82) is 0 Å². The summed E-state index contributed by atoms with van der Waals surface area (Å²) in [6.07, 6.45) is 2.71. The van der Waals surface area contributed by atoms with Gasteiger partial charge in [-0.25, -0.2) is 14.4 Å². The van der Waals surface area contributed by atoms with E-state index in [0.29, 0.717) is 17.7 Å². The first-order chi connectivity index (χ1) is 9.51. The Kier molecular flexibility index (Phi) is 4.04. The summed E-state index contributed by atoms with van der Waals surface area (Å²) in [6, 6.07) is 0.760. The maximum atomic E-state index is 13.5. The molecule has 1 heterocycles. The molecule has 0 fully saturated rings. The molecule has 0 saturated carbocycles. The summed E-state index contributed by atoms with van der Waals surface area (Å²) in [5.41, 5.74) is -0.359. The predicted octanol–water partition coefficient (Wildman–Crippen LogP) is 3.19. The summed E-state index contributed by atoms with van der Waals surface area (Å²) in [5, 5.41) is 10.4. The lowest BCUT2D eigenvalue weighted by molar-refractivity contribution is -0.387. The fourth-order valence-electron chi connectivity index (χ4n) is 1.30. The molecule has 0 amide bonds. The van der Waals surface area contributed by atoms with E-state index in [1.54, 1.807) is 0 Å². The van der Waals surface area contributed by atoms with Gasteiger partial charge in [0.2, 0.25) is 5.82 Å². The van der Waals surface area contributed by atoms with Crippen molar-refractivity contribution >= 4 is 17.3 Å². The summed E-state index contributed by atoms with van der Waals surface area (Å²) in [5.74, 6) is -2.67. The summed E-state index contributed by atoms with van der Waals surface area (Å²) in [4.78, 5) is 16.9. The maximum absolute atomic E-state index is 13.5. The fourth-order valence-corrected chi connectivity index (χ4v) is 1.44. The van der Waals surface area contributed by atoms with Crippen molar-refractivity contribution in [3.63, 3.8) is 0 Å². The van der Waals surface area contributed by atoms with Gasteiger partial charge in [-0.3, -0.25) is 10.1 Å². The van der Waals surface area contributed by atoms with Crippen LogP contribution >= 0.6 is 11.6 Å². The molecule has 104 valence electrons. The smallest absolute Gasteiger partial charge is 0.321 e. The SMILES string of the molecule is O=[N+]([O-])c1cc(F)c(Oc2ncc(CCl)cn2)cc1F. The van der Waals surface area contributed by atoms with Crippen molar-refractivity contribution in [2.75, 3.05) is 0 Å². The Morgan fingerprint density at radius 2 is 1.90 bits per heavy atom. The number of aromatic nitrogens is 2. The third-order valence-electron chi connectivity index (χ3n) is 2.24. The van der Waals surface area contributed by atoms with Gasteiger partial charge in [0.1, 0.15) is 0 Å². The number of nitro groups is 1. The maximum Gasteiger partial charge on any atom is 0.321 e. The van der Waals surface area contributed by atoms with Gasteiger partial charge in [0, 0.05) is 24.0 Å². The van der Waals surface area contributed by atoms with E-state index in [9.17, 15) is 18.9 Å². The van der Waals surface area contributed by atoms with Gasteiger partial charge in [-0.1, -0.05) is 0 Å². The number of ether oxygens (including phenoxy) is 1. The molecule has 2 rings (SSSR count). The van der Waals surface area contributed by atoms with Crippen molar-refractivity contribution in [1.82, 2.24) is 9.97 Å². The third kappa shape index (κ3) is 2.97. The van der Waals surface area contributed by atoms with Crippen LogP contribution in [-0.2, 0) is 5.88 Å². The van der Waals surface area contributed by atoms with Gasteiger partial charge in [0.05, 0.1) is 16.9 Å². The topological polar surface area (TPSA) is 78.2 Å². The minimum absolute atomic E-state index is 0.195. The minimum Gasteiger partial charge on any atom is -0.421 e. The van der Waals surface area contributed by atoms with Gasteiger partial charge in [0.15, 0.2) is 11.6 Å². The van der Waals surface area contributed by atoms with E-state index in [-0.39, 0.29) is 11.9 Å². The van der Waals surface area contributed by atoms with Crippen LogP contribution in [0.15, 0.2) is 24.5 Å². The van der Waals surface area contributed by atoms with E-state index < -0.39 is 28.0 Å². The molecule has 1 aromatic carbocycles. The zero-order valence-corrected chi connectivity index (χ0v) is 10.5. The molecule has 0 aliphatic rings. The van der Waals surface area contributed by atoms with E-state index >= 15 is 0 Å². The van der Waals surface area contributed by atoms with Gasteiger partial charge in [-0.15, -0.1) is 11.6 Å². The standard InChI is InChI=1S/C11H6ClF2N3O3/c12-3-6-4-15-11(16-5-6)20-10-2-7(13)9(17(18)19)1-8(10)14/h1-2,4-5H,3H2. The Balaban J connectivity index is 2.29. The van der Waals surface area contributed by atoms with E-state index in [1.165, 1.54) is 12.4 Å². The van der Waals surface area contributed by atoms with Crippen molar-refractivity contribution in [2.45, 2.75) is 5.88 Å². The number of benzene rings is 1. The van der Waals surface area contributed by atoms with E-state index in [4.69, 9.17) is 16.3 Å². The normalized spacial score (nSPS) is 10.3. The van der Waals surface area contributed by atoms with Gasteiger partial charge < -0.3 is 4.74 Å². The number of hydrogen-bond acceptors (Lipinski definition) is 5. The number of rotatable bonds is 4. The summed E-state index contributed by atoms with van der Waals surface area (Å²) in [6.45, 7) is 0. The van der Waals surface area contributed by atoms with E-state index in [0.717, 1.165) is 0 Å². The van der Waals surface area contributed by atoms with Gasteiger partial charge in [-0.05, 0) is 0 Å². The zero-order chi connectivity index (χ0) is 14.7. The molecule has 0 atom stereocenters. The minimum atomic E-state index is -1.22. The van der Waals surface area contributed by atoms with Crippen LogP contribution in [0, 0.1) is 21.7 Å². The molecule has 20 heavy (non-hydrogen) atoms. The number of nitrogens with zero attached hydrogens (tertiary/aromatic N) is 3. The Labute approximate surface area is 116 Å². The lowest BCUT2D eigenvalue weighted by atomic mass is 10.3. The van der Waals surface area contributed by atoms with Crippen LogP contribution in [0.5, 0.6) is 11.8 Å². The van der Waals surface area contributed by atoms with Crippen LogP contribution in [0.2, 0.25) is 0 Å². The van der Waals surface area contributed by atoms with Crippen LogP contribution in [0.1, 0.15) is 5.56 Å². The third-order valence-corrected chi connectivity index (χ3v) is 2.54. The highest BCUT2D eigenvalue weighted by Gasteiger charge is 2.20.